The third-order valence-corrected chi connectivity index (χ3v) is 5.25. The van der Waals surface area contributed by atoms with Crippen LogP contribution >= 0.6 is 0 Å². The van der Waals surface area contributed by atoms with E-state index in [0.29, 0.717) is 17.2 Å². The second-order valence-electron chi connectivity index (χ2n) is 7.50. The normalized spacial score (nSPS) is 11.0. The molecule has 35 heavy (non-hydrogen) atoms. The molecule has 1 aliphatic heterocycles. The predicted molar refractivity (Wildman–Crippen MR) is 132 cm³/mol. The van der Waals surface area contributed by atoms with Crippen LogP contribution in [0.3, 0.4) is 0 Å². The second kappa shape index (κ2) is 9.91. The Labute approximate surface area is 203 Å². The lowest BCUT2D eigenvalue weighted by molar-refractivity contribution is 0.174. The van der Waals surface area contributed by atoms with Crippen LogP contribution in [0.1, 0.15) is 22.3 Å². The zero-order valence-corrected chi connectivity index (χ0v) is 19.2. The molecule has 0 bridgehead atoms. The monoisotopic (exact) mass is 460 g/mol. The summed E-state index contributed by atoms with van der Waals surface area (Å²) < 4.78 is 21.3. The molecule has 2 aromatic carbocycles. The van der Waals surface area contributed by atoms with E-state index in [9.17, 15) is 0 Å². The van der Waals surface area contributed by atoms with Gasteiger partial charge in [0, 0.05) is 34.6 Å². The van der Waals surface area contributed by atoms with Crippen molar-refractivity contribution in [2.75, 3.05) is 21.0 Å². The second-order valence-corrected chi connectivity index (χ2v) is 7.50. The predicted octanol–water partition coefficient (Wildman–Crippen LogP) is 4.69. The van der Waals surface area contributed by atoms with E-state index in [-0.39, 0.29) is 6.79 Å². The largest absolute Gasteiger partial charge is 0.493 e. The number of pyridine rings is 2. The van der Waals surface area contributed by atoms with Gasteiger partial charge < -0.3 is 18.9 Å². The number of benzene rings is 2. The number of fused-ring (bicyclic) bond motifs is 1. The zero-order chi connectivity index (χ0) is 24.0. The van der Waals surface area contributed by atoms with Crippen molar-refractivity contribution >= 4 is 0 Å². The average Bonchev–Trinajstić information content (AvgIpc) is 3.39. The number of hydrogen-bond donors (Lipinski definition) is 0. The topological polar surface area (TPSA) is 62.7 Å². The Bertz CT molecular complexity index is 1490. The summed E-state index contributed by atoms with van der Waals surface area (Å²) in [6.45, 7) is 0.247. The van der Waals surface area contributed by atoms with Gasteiger partial charge in [-0.2, -0.15) is 0 Å². The van der Waals surface area contributed by atoms with E-state index in [1.807, 2.05) is 60.7 Å². The van der Waals surface area contributed by atoms with Gasteiger partial charge in [-0.3, -0.25) is 9.97 Å². The molecule has 0 amide bonds. The van der Waals surface area contributed by atoms with E-state index in [1.54, 1.807) is 26.6 Å². The lowest BCUT2D eigenvalue weighted by Gasteiger charge is -2.06. The molecule has 0 saturated carbocycles. The first kappa shape index (κ1) is 21.9. The van der Waals surface area contributed by atoms with Crippen molar-refractivity contribution in [1.82, 2.24) is 9.97 Å². The first-order valence-corrected chi connectivity index (χ1v) is 10.8. The van der Waals surface area contributed by atoms with Crippen molar-refractivity contribution in [3.05, 3.63) is 95.3 Å². The van der Waals surface area contributed by atoms with Crippen LogP contribution in [0.2, 0.25) is 0 Å². The summed E-state index contributed by atoms with van der Waals surface area (Å²) in [5.74, 6) is 15.3. The maximum Gasteiger partial charge on any atom is 0.231 e. The number of nitrogens with zero attached hydrogens (tertiary/aromatic N) is 2. The van der Waals surface area contributed by atoms with Crippen molar-refractivity contribution in [2.24, 2.45) is 0 Å². The highest BCUT2D eigenvalue weighted by molar-refractivity contribution is 5.57. The summed E-state index contributed by atoms with van der Waals surface area (Å²) in [5.41, 5.74) is 4.81. The Morgan fingerprint density at radius 3 is 1.74 bits per heavy atom. The van der Waals surface area contributed by atoms with Crippen LogP contribution in [-0.4, -0.2) is 31.0 Å². The van der Waals surface area contributed by atoms with E-state index in [0.717, 1.165) is 39.4 Å². The minimum atomic E-state index is 0.247. The number of ether oxygens (including phenoxy) is 4. The smallest absolute Gasteiger partial charge is 0.231 e. The number of aromatic nitrogens is 2. The molecule has 6 nitrogen and oxygen atoms in total. The van der Waals surface area contributed by atoms with Crippen molar-refractivity contribution in [1.29, 1.82) is 0 Å². The van der Waals surface area contributed by atoms with Gasteiger partial charge in [-0.05, 0) is 60.7 Å². The van der Waals surface area contributed by atoms with Crippen LogP contribution in [0.15, 0.2) is 73.1 Å². The first-order valence-electron chi connectivity index (χ1n) is 10.8. The average molecular weight is 460 g/mol. The molecular weight excluding hydrogens is 440 g/mol. The molecule has 170 valence electrons. The Balaban J connectivity index is 1.27. The summed E-state index contributed by atoms with van der Waals surface area (Å²) in [6, 6.07) is 18.9. The van der Waals surface area contributed by atoms with E-state index >= 15 is 0 Å². The molecule has 1 aliphatic rings. The van der Waals surface area contributed by atoms with E-state index in [2.05, 4.69) is 33.6 Å². The summed E-state index contributed by atoms with van der Waals surface area (Å²) in [6.07, 6.45) is 3.47. The fourth-order valence-electron chi connectivity index (χ4n) is 3.42. The minimum absolute atomic E-state index is 0.247. The standard InChI is InChI=1S/C29H20N2O4/c1-32-26-13-9-20(15-28(26)33-2)3-5-22-7-11-24(30-17-22)25-12-8-23(18-31-25)6-4-21-10-14-27-29(16-21)35-19-34-27/h7-18H,19H2,1-2H3. The Hall–Kier alpha value is -4.94. The summed E-state index contributed by atoms with van der Waals surface area (Å²) in [4.78, 5) is 9.01. The molecule has 0 N–H and O–H groups in total. The molecule has 0 unspecified atom stereocenters. The van der Waals surface area contributed by atoms with Crippen molar-refractivity contribution in [3.63, 3.8) is 0 Å². The quantitative estimate of drug-likeness (QED) is 0.414. The van der Waals surface area contributed by atoms with Crippen LogP contribution in [0, 0.1) is 23.7 Å². The van der Waals surface area contributed by atoms with Crippen LogP contribution in [0.5, 0.6) is 23.0 Å². The van der Waals surface area contributed by atoms with Crippen molar-refractivity contribution in [3.8, 4) is 58.1 Å². The third-order valence-electron chi connectivity index (χ3n) is 5.25. The molecule has 0 atom stereocenters. The van der Waals surface area contributed by atoms with Gasteiger partial charge in [-0.15, -0.1) is 0 Å². The summed E-state index contributed by atoms with van der Waals surface area (Å²) in [7, 11) is 3.21. The summed E-state index contributed by atoms with van der Waals surface area (Å²) >= 11 is 0. The molecule has 0 fully saturated rings. The highest BCUT2D eigenvalue weighted by atomic mass is 16.7. The Morgan fingerprint density at radius 2 is 1.14 bits per heavy atom. The highest BCUT2D eigenvalue weighted by Gasteiger charge is 2.12. The number of hydrogen-bond acceptors (Lipinski definition) is 6. The van der Waals surface area contributed by atoms with Gasteiger partial charge in [0.05, 0.1) is 25.6 Å². The number of rotatable bonds is 3. The number of methoxy groups -OCH3 is 2. The molecule has 0 radical (unpaired) electrons. The van der Waals surface area contributed by atoms with Crippen LogP contribution in [0.4, 0.5) is 0 Å². The summed E-state index contributed by atoms with van der Waals surface area (Å²) in [5, 5.41) is 0. The Kier molecular flexibility index (Phi) is 6.19. The first-order chi connectivity index (χ1) is 17.2. The Morgan fingerprint density at radius 1 is 0.600 bits per heavy atom. The molecule has 4 aromatic rings. The highest BCUT2D eigenvalue weighted by Crippen LogP contribution is 2.32. The van der Waals surface area contributed by atoms with Gasteiger partial charge >= 0.3 is 0 Å². The molecular formula is C29H20N2O4. The van der Waals surface area contributed by atoms with Gasteiger partial charge in [-0.1, -0.05) is 23.7 Å². The van der Waals surface area contributed by atoms with Crippen LogP contribution < -0.4 is 18.9 Å². The van der Waals surface area contributed by atoms with E-state index < -0.39 is 0 Å². The van der Waals surface area contributed by atoms with Gasteiger partial charge in [-0.25, -0.2) is 0 Å². The fraction of sp³-hybridized carbons (Fsp3) is 0.103. The van der Waals surface area contributed by atoms with Gasteiger partial charge in [0.1, 0.15) is 0 Å². The van der Waals surface area contributed by atoms with Crippen LogP contribution in [-0.2, 0) is 0 Å². The molecule has 0 aliphatic carbocycles. The SMILES string of the molecule is COc1ccc(C#Cc2ccc(-c3ccc(C#Cc4ccc5c(c4)OCO5)cn3)nc2)cc1OC. The maximum atomic E-state index is 5.39. The lowest BCUT2D eigenvalue weighted by atomic mass is 10.1. The van der Waals surface area contributed by atoms with Gasteiger partial charge in [0.2, 0.25) is 6.79 Å². The van der Waals surface area contributed by atoms with Crippen molar-refractivity contribution in [2.45, 2.75) is 0 Å². The van der Waals surface area contributed by atoms with Gasteiger partial charge in [0.25, 0.3) is 0 Å². The molecule has 0 spiro atoms. The molecule has 5 rings (SSSR count). The van der Waals surface area contributed by atoms with Gasteiger partial charge in [0.15, 0.2) is 23.0 Å². The third kappa shape index (κ3) is 5.03. The van der Waals surface area contributed by atoms with Crippen LogP contribution in [0.25, 0.3) is 11.4 Å². The maximum absolute atomic E-state index is 5.39. The molecule has 0 saturated heterocycles. The fourth-order valence-corrected chi connectivity index (χ4v) is 3.42. The molecule has 3 heterocycles. The molecule has 2 aromatic heterocycles. The van der Waals surface area contributed by atoms with Crippen molar-refractivity contribution < 1.29 is 18.9 Å². The zero-order valence-electron chi connectivity index (χ0n) is 19.2. The van der Waals surface area contributed by atoms with E-state index in [1.165, 1.54) is 0 Å². The molecule has 6 heteroatoms. The lowest BCUT2D eigenvalue weighted by Crippen LogP contribution is -1.92. The van der Waals surface area contributed by atoms with E-state index in [4.69, 9.17) is 18.9 Å². The minimum Gasteiger partial charge on any atom is -0.493 e.